The van der Waals surface area contributed by atoms with Crippen LogP contribution in [0.15, 0.2) is 18.2 Å². The number of rotatable bonds is 3. The summed E-state index contributed by atoms with van der Waals surface area (Å²) in [6.07, 6.45) is 9.07. The summed E-state index contributed by atoms with van der Waals surface area (Å²) in [4.78, 5) is 26.7. The van der Waals surface area contributed by atoms with Gasteiger partial charge in [0.05, 0.1) is 0 Å². The van der Waals surface area contributed by atoms with Crippen LogP contribution in [-0.2, 0) is 4.79 Å². The summed E-state index contributed by atoms with van der Waals surface area (Å²) < 4.78 is 0. The van der Waals surface area contributed by atoms with Gasteiger partial charge < -0.3 is 15.5 Å². The number of carbonyl (C=O) groups excluding carboxylic acids is 2. The van der Waals surface area contributed by atoms with Crippen LogP contribution in [-0.4, -0.2) is 24.0 Å². The smallest absolute Gasteiger partial charge is 0.319 e. The van der Waals surface area contributed by atoms with Gasteiger partial charge >= 0.3 is 6.03 Å². The second-order valence-electron chi connectivity index (χ2n) is 9.43. The minimum atomic E-state index is -0.0977. The maximum Gasteiger partial charge on any atom is 0.319 e. The minimum Gasteiger partial charge on any atom is -0.332 e. The maximum absolute atomic E-state index is 12.8. The number of benzene rings is 1. The maximum atomic E-state index is 12.8. The van der Waals surface area contributed by atoms with Crippen LogP contribution < -0.4 is 15.5 Å². The highest BCUT2D eigenvalue weighted by Crippen LogP contribution is 2.55. The number of nitrogens with one attached hydrogen (secondary N) is 2. The molecular formula is C22H29N3O2. The summed E-state index contributed by atoms with van der Waals surface area (Å²) in [5, 5.41) is 6.39. The van der Waals surface area contributed by atoms with Crippen LogP contribution in [0.2, 0.25) is 0 Å². The third-order valence-corrected chi connectivity index (χ3v) is 7.25. The van der Waals surface area contributed by atoms with Gasteiger partial charge in [0.25, 0.3) is 0 Å². The van der Waals surface area contributed by atoms with Crippen LogP contribution >= 0.6 is 0 Å². The van der Waals surface area contributed by atoms with Gasteiger partial charge in [0.15, 0.2) is 0 Å². The molecule has 0 aromatic heterocycles. The van der Waals surface area contributed by atoms with E-state index >= 15 is 0 Å². The molecule has 4 aliphatic carbocycles. The summed E-state index contributed by atoms with van der Waals surface area (Å²) in [6, 6.07) is 5.76. The Hall–Kier alpha value is -2.04. The minimum absolute atomic E-state index is 0.0112. The molecule has 4 bridgehead atoms. The molecule has 1 heterocycles. The van der Waals surface area contributed by atoms with Gasteiger partial charge in [-0.2, -0.15) is 0 Å². The highest BCUT2D eigenvalue weighted by Gasteiger charge is 2.51. The van der Waals surface area contributed by atoms with E-state index in [1.165, 1.54) is 19.3 Å². The molecule has 0 unspecified atom stereocenters. The van der Waals surface area contributed by atoms with Crippen LogP contribution in [0.1, 0.15) is 56.9 Å². The van der Waals surface area contributed by atoms with E-state index in [4.69, 9.17) is 0 Å². The molecule has 5 nitrogen and oxygen atoms in total. The molecule has 5 fully saturated rings. The number of anilines is 2. The van der Waals surface area contributed by atoms with E-state index in [2.05, 4.69) is 10.6 Å². The molecule has 1 aromatic carbocycles. The fourth-order valence-corrected chi connectivity index (χ4v) is 6.55. The Morgan fingerprint density at radius 1 is 1.11 bits per heavy atom. The quantitative estimate of drug-likeness (QED) is 0.840. The Kier molecular flexibility index (Phi) is 3.95. The van der Waals surface area contributed by atoms with Crippen LogP contribution in [0.5, 0.6) is 0 Å². The number of nitrogens with zero attached hydrogens (tertiary/aromatic N) is 1. The summed E-state index contributed by atoms with van der Waals surface area (Å²) in [6.45, 7) is 2.78. The van der Waals surface area contributed by atoms with Crippen molar-refractivity contribution in [3.63, 3.8) is 0 Å². The zero-order chi connectivity index (χ0) is 18.6. The van der Waals surface area contributed by atoms with Crippen molar-refractivity contribution < 1.29 is 9.59 Å². The average Bonchev–Trinajstić information content (AvgIpc) is 3.00. The van der Waals surface area contributed by atoms with Gasteiger partial charge in [-0.25, -0.2) is 4.79 Å². The van der Waals surface area contributed by atoms with E-state index in [9.17, 15) is 9.59 Å². The van der Waals surface area contributed by atoms with Gasteiger partial charge in [-0.05, 0) is 87.3 Å². The van der Waals surface area contributed by atoms with Crippen molar-refractivity contribution in [2.45, 2.75) is 63.8 Å². The molecule has 1 saturated heterocycles. The van der Waals surface area contributed by atoms with Gasteiger partial charge in [0.2, 0.25) is 5.91 Å². The highest BCUT2D eigenvalue weighted by atomic mass is 16.2. The molecule has 4 saturated carbocycles. The summed E-state index contributed by atoms with van der Waals surface area (Å²) in [7, 11) is 0. The number of aryl methyl sites for hydroxylation is 1. The molecule has 5 aliphatic rings. The standard InChI is InChI=1S/C22H29N3O2/c1-14-4-5-18(10-19(14)25-6-2-3-20(25)26)23-21(27)24-22-11-15-7-16(12-22)9-17(8-15)13-22/h4-5,10,15-17H,2-3,6-9,11-13H2,1H3,(H2,23,24,27). The predicted octanol–water partition coefficient (Wildman–Crippen LogP) is 4.21. The average molecular weight is 367 g/mol. The topological polar surface area (TPSA) is 61.4 Å². The van der Waals surface area contributed by atoms with Crippen LogP contribution in [0.25, 0.3) is 0 Å². The first kappa shape index (κ1) is 17.1. The van der Waals surface area contributed by atoms with Crippen molar-refractivity contribution in [3.05, 3.63) is 23.8 Å². The zero-order valence-corrected chi connectivity index (χ0v) is 16.1. The molecule has 6 rings (SSSR count). The lowest BCUT2D eigenvalue weighted by Crippen LogP contribution is -2.60. The predicted molar refractivity (Wildman–Crippen MR) is 106 cm³/mol. The van der Waals surface area contributed by atoms with E-state index in [0.717, 1.165) is 66.9 Å². The van der Waals surface area contributed by atoms with Gasteiger partial charge in [-0.3, -0.25) is 4.79 Å². The molecule has 27 heavy (non-hydrogen) atoms. The highest BCUT2D eigenvalue weighted by molar-refractivity contribution is 5.97. The Balaban J connectivity index is 1.29. The van der Waals surface area contributed by atoms with Crippen LogP contribution in [0.4, 0.5) is 16.2 Å². The van der Waals surface area contributed by atoms with Crippen molar-refractivity contribution in [2.24, 2.45) is 17.8 Å². The Morgan fingerprint density at radius 2 is 1.78 bits per heavy atom. The zero-order valence-electron chi connectivity index (χ0n) is 16.1. The van der Waals surface area contributed by atoms with Crippen LogP contribution in [0, 0.1) is 24.7 Å². The van der Waals surface area contributed by atoms with Gasteiger partial charge in [-0.15, -0.1) is 0 Å². The number of hydrogen-bond acceptors (Lipinski definition) is 2. The fourth-order valence-electron chi connectivity index (χ4n) is 6.55. The van der Waals surface area contributed by atoms with Gasteiger partial charge in [-0.1, -0.05) is 6.07 Å². The largest absolute Gasteiger partial charge is 0.332 e. The van der Waals surface area contributed by atoms with Gasteiger partial charge in [0.1, 0.15) is 0 Å². The molecule has 144 valence electrons. The third kappa shape index (κ3) is 3.11. The normalized spacial score (nSPS) is 34.2. The van der Waals surface area contributed by atoms with Crippen molar-refractivity contribution in [1.29, 1.82) is 0 Å². The van der Waals surface area contributed by atoms with Crippen molar-refractivity contribution in [2.75, 3.05) is 16.8 Å². The molecule has 0 atom stereocenters. The van der Waals surface area contributed by atoms with Gasteiger partial charge in [0, 0.05) is 29.9 Å². The molecule has 5 heteroatoms. The number of urea groups is 1. The summed E-state index contributed by atoms with van der Waals surface area (Å²) in [5.41, 5.74) is 2.76. The van der Waals surface area contributed by atoms with E-state index in [0.29, 0.717) is 6.42 Å². The molecule has 3 amide bonds. The first-order chi connectivity index (χ1) is 13.0. The Labute approximate surface area is 160 Å². The van der Waals surface area contributed by atoms with Crippen LogP contribution in [0.3, 0.4) is 0 Å². The van der Waals surface area contributed by atoms with E-state index in [1.807, 2.05) is 30.0 Å². The number of carbonyl (C=O) groups is 2. The van der Waals surface area contributed by atoms with Crippen molar-refractivity contribution >= 4 is 23.3 Å². The third-order valence-electron chi connectivity index (χ3n) is 7.25. The SMILES string of the molecule is Cc1ccc(NC(=O)NC23CC4CC(CC(C4)C2)C3)cc1N1CCCC1=O. The second kappa shape index (κ2) is 6.25. The lowest BCUT2D eigenvalue weighted by Gasteiger charge is -2.56. The first-order valence-corrected chi connectivity index (χ1v) is 10.5. The molecule has 2 N–H and O–H groups in total. The fraction of sp³-hybridized carbons (Fsp3) is 0.636. The molecule has 1 aliphatic heterocycles. The Bertz CT molecular complexity index is 752. The lowest BCUT2D eigenvalue weighted by atomic mass is 9.53. The van der Waals surface area contributed by atoms with E-state index < -0.39 is 0 Å². The van der Waals surface area contributed by atoms with Crippen molar-refractivity contribution in [1.82, 2.24) is 5.32 Å². The summed E-state index contributed by atoms with van der Waals surface area (Å²) >= 11 is 0. The number of amides is 3. The monoisotopic (exact) mass is 367 g/mol. The number of hydrogen-bond donors (Lipinski definition) is 2. The van der Waals surface area contributed by atoms with E-state index in [1.54, 1.807) is 0 Å². The first-order valence-electron chi connectivity index (χ1n) is 10.5. The summed E-state index contributed by atoms with van der Waals surface area (Å²) in [5.74, 6) is 2.60. The molecule has 0 radical (unpaired) electrons. The Morgan fingerprint density at radius 3 is 2.37 bits per heavy atom. The molecular weight excluding hydrogens is 338 g/mol. The molecule has 1 aromatic rings. The van der Waals surface area contributed by atoms with E-state index in [-0.39, 0.29) is 17.5 Å². The molecule has 0 spiro atoms. The van der Waals surface area contributed by atoms with Crippen molar-refractivity contribution in [3.8, 4) is 0 Å². The lowest BCUT2D eigenvalue weighted by molar-refractivity contribution is -0.117. The second-order valence-corrected chi connectivity index (χ2v) is 9.43.